The van der Waals surface area contributed by atoms with E-state index in [0.29, 0.717) is 37.5 Å². The molecule has 0 radical (unpaired) electrons. The number of hydrogen-bond acceptors (Lipinski definition) is 4. The van der Waals surface area contributed by atoms with Gasteiger partial charge in [-0.2, -0.15) is 4.31 Å². The van der Waals surface area contributed by atoms with Gasteiger partial charge in [0, 0.05) is 51.0 Å². The molecule has 1 aromatic carbocycles. The third kappa shape index (κ3) is 3.91. The molecule has 1 aliphatic heterocycles. The standard InChI is InChI=1S/C17H22N4O3S/c1-15(20-8-7-18-14-20)13-17(22)19-9-11-21(12-10-19)25(23,24)16-5-3-2-4-6-16/h2-8,14-15H,9-13H2,1H3. The average molecular weight is 362 g/mol. The second-order valence-corrected chi connectivity index (χ2v) is 8.10. The monoisotopic (exact) mass is 362 g/mol. The molecule has 0 bridgehead atoms. The molecule has 0 saturated carbocycles. The minimum atomic E-state index is -3.49. The van der Waals surface area contributed by atoms with E-state index in [0.717, 1.165) is 0 Å². The number of hydrogen-bond donors (Lipinski definition) is 0. The summed E-state index contributed by atoms with van der Waals surface area (Å²) in [4.78, 5) is 18.5. The zero-order valence-corrected chi connectivity index (χ0v) is 15.0. The molecule has 2 aromatic rings. The highest BCUT2D eigenvalue weighted by Gasteiger charge is 2.30. The molecule has 1 aliphatic rings. The number of aromatic nitrogens is 2. The minimum Gasteiger partial charge on any atom is -0.340 e. The zero-order chi connectivity index (χ0) is 17.9. The third-order valence-corrected chi connectivity index (χ3v) is 6.39. The van der Waals surface area contributed by atoms with E-state index in [1.54, 1.807) is 47.8 Å². The maximum atomic E-state index is 12.6. The van der Waals surface area contributed by atoms with Crippen molar-refractivity contribution in [3.8, 4) is 0 Å². The summed E-state index contributed by atoms with van der Waals surface area (Å²) < 4.78 is 28.6. The number of carbonyl (C=O) groups is 1. The predicted octanol–water partition coefficient (Wildman–Crippen LogP) is 1.37. The highest BCUT2D eigenvalue weighted by atomic mass is 32.2. The van der Waals surface area contributed by atoms with Crippen molar-refractivity contribution < 1.29 is 13.2 Å². The van der Waals surface area contributed by atoms with Gasteiger partial charge in [0.1, 0.15) is 0 Å². The Labute approximate surface area is 147 Å². The Bertz CT molecular complexity index is 798. The first-order valence-corrected chi connectivity index (χ1v) is 9.73. The molecule has 8 heteroatoms. The molecule has 0 aliphatic carbocycles. The SMILES string of the molecule is CC(CC(=O)N1CCN(S(=O)(=O)c2ccccc2)CC1)n1ccnc1. The van der Waals surface area contributed by atoms with Crippen LogP contribution >= 0.6 is 0 Å². The van der Waals surface area contributed by atoms with E-state index in [-0.39, 0.29) is 11.9 Å². The molecule has 1 atom stereocenters. The summed E-state index contributed by atoms with van der Waals surface area (Å²) >= 11 is 0. The highest BCUT2D eigenvalue weighted by molar-refractivity contribution is 7.89. The first-order valence-electron chi connectivity index (χ1n) is 8.29. The Balaban J connectivity index is 1.57. The van der Waals surface area contributed by atoms with Crippen molar-refractivity contribution in [2.45, 2.75) is 24.3 Å². The van der Waals surface area contributed by atoms with Crippen LogP contribution in [-0.2, 0) is 14.8 Å². The van der Waals surface area contributed by atoms with Gasteiger partial charge in [-0.25, -0.2) is 13.4 Å². The second-order valence-electron chi connectivity index (χ2n) is 6.16. The van der Waals surface area contributed by atoms with Crippen LogP contribution in [0.4, 0.5) is 0 Å². The largest absolute Gasteiger partial charge is 0.340 e. The van der Waals surface area contributed by atoms with Gasteiger partial charge in [-0.05, 0) is 19.1 Å². The Hall–Kier alpha value is -2.19. The molecular weight excluding hydrogens is 340 g/mol. The second kappa shape index (κ2) is 7.37. The number of amides is 1. The lowest BCUT2D eigenvalue weighted by molar-refractivity contribution is -0.133. The van der Waals surface area contributed by atoms with Gasteiger partial charge in [-0.1, -0.05) is 18.2 Å². The minimum absolute atomic E-state index is 0.0288. The lowest BCUT2D eigenvalue weighted by atomic mass is 10.2. The Kier molecular flexibility index (Phi) is 5.19. The average Bonchev–Trinajstić information content (AvgIpc) is 3.17. The number of imidazole rings is 1. The van der Waals surface area contributed by atoms with Gasteiger partial charge in [-0.3, -0.25) is 4.79 Å². The fourth-order valence-corrected chi connectivity index (χ4v) is 4.38. The van der Waals surface area contributed by atoms with Crippen LogP contribution < -0.4 is 0 Å². The molecule has 3 rings (SSSR count). The van der Waals surface area contributed by atoms with Crippen LogP contribution in [0.15, 0.2) is 53.9 Å². The molecule has 0 N–H and O–H groups in total. The lowest BCUT2D eigenvalue weighted by Gasteiger charge is -2.34. The lowest BCUT2D eigenvalue weighted by Crippen LogP contribution is -2.50. The maximum absolute atomic E-state index is 12.6. The van der Waals surface area contributed by atoms with E-state index in [2.05, 4.69) is 4.98 Å². The van der Waals surface area contributed by atoms with Gasteiger partial charge in [0.25, 0.3) is 0 Å². The van der Waals surface area contributed by atoms with Crippen molar-refractivity contribution in [3.05, 3.63) is 49.1 Å². The molecule has 1 amide bonds. The van der Waals surface area contributed by atoms with Crippen LogP contribution in [0.5, 0.6) is 0 Å². The van der Waals surface area contributed by atoms with E-state index < -0.39 is 10.0 Å². The molecule has 1 fully saturated rings. The van der Waals surface area contributed by atoms with Gasteiger partial charge >= 0.3 is 0 Å². The molecule has 7 nitrogen and oxygen atoms in total. The van der Waals surface area contributed by atoms with Gasteiger partial charge < -0.3 is 9.47 Å². The summed E-state index contributed by atoms with van der Waals surface area (Å²) in [6.07, 6.45) is 5.60. The van der Waals surface area contributed by atoms with Crippen molar-refractivity contribution in [1.29, 1.82) is 0 Å². The predicted molar refractivity (Wildman–Crippen MR) is 93.3 cm³/mol. The normalized spacial score (nSPS) is 17.4. The van der Waals surface area contributed by atoms with Crippen molar-refractivity contribution in [2.75, 3.05) is 26.2 Å². The quantitative estimate of drug-likeness (QED) is 0.805. The molecule has 1 aromatic heterocycles. The summed E-state index contributed by atoms with van der Waals surface area (Å²) in [6.45, 7) is 3.45. The maximum Gasteiger partial charge on any atom is 0.243 e. The van der Waals surface area contributed by atoms with Crippen LogP contribution in [0.3, 0.4) is 0 Å². The summed E-state index contributed by atoms with van der Waals surface area (Å²) in [5.41, 5.74) is 0. The van der Waals surface area contributed by atoms with E-state index in [9.17, 15) is 13.2 Å². The van der Waals surface area contributed by atoms with Crippen LogP contribution in [0.1, 0.15) is 19.4 Å². The van der Waals surface area contributed by atoms with Crippen molar-refractivity contribution >= 4 is 15.9 Å². The molecular formula is C17H22N4O3S. The summed E-state index contributed by atoms with van der Waals surface area (Å²) in [6, 6.07) is 8.44. The van der Waals surface area contributed by atoms with Crippen LogP contribution in [0.25, 0.3) is 0 Å². The van der Waals surface area contributed by atoms with Crippen LogP contribution in [0, 0.1) is 0 Å². The molecule has 0 spiro atoms. The van der Waals surface area contributed by atoms with Gasteiger partial charge in [0.05, 0.1) is 11.2 Å². The Morgan fingerprint density at radius 1 is 1.16 bits per heavy atom. The molecule has 2 heterocycles. The smallest absolute Gasteiger partial charge is 0.243 e. The summed E-state index contributed by atoms with van der Waals surface area (Å²) in [5, 5.41) is 0. The van der Waals surface area contributed by atoms with Gasteiger partial charge in [0.2, 0.25) is 15.9 Å². The van der Waals surface area contributed by atoms with E-state index in [1.807, 2.05) is 17.7 Å². The zero-order valence-electron chi connectivity index (χ0n) is 14.2. The molecule has 134 valence electrons. The Morgan fingerprint density at radius 3 is 2.44 bits per heavy atom. The number of sulfonamides is 1. The number of carbonyl (C=O) groups excluding carboxylic acids is 1. The number of piperazine rings is 1. The number of nitrogens with zero attached hydrogens (tertiary/aromatic N) is 4. The van der Waals surface area contributed by atoms with E-state index in [4.69, 9.17) is 0 Å². The first-order chi connectivity index (χ1) is 12.0. The number of benzene rings is 1. The molecule has 1 saturated heterocycles. The van der Waals surface area contributed by atoms with Crippen molar-refractivity contribution in [1.82, 2.24) is 18.8 Å². The van der Waals surface area contributed by atoms with Crippen LogP contribution in [0.2, 0.25) is 0 Å². The fraction of sp³-hybridized carbons (Fsp3) is 0.412. The topological polar surface area (TPSA) is 75.5 Å². The van der Waals surface area contributed by atoms with E-state index in [1.165, 1.54) is 4.31 Å². The van der Waals surface area contributed by atoms with Crippen LogP contribution in [-0.4, -0.2) is 59.3 Å². The first kappa shape index (κ1) is 17.6. The third-order valence-electron chi connectivity index (χ3n) is 4.48. The summed E-state index contributed by atoms with van der Waals surface area (Å²) in [5.74, 6) is 0.0398. The van der Waals surface area contributed by atoms with Gasteiger partial charge in [-0.15, -0.1) is 0 Å². The Morgan fingerprint density at radius 2 is 1.84 bits per heavy atom. The highest BCUT2D eigenvalue weighted by Crippen LogP contribution is 2.18. The molecule has 25 heavy (non-hydrogen) atoms. The van der Waals surface area contributed by atoms with Crippen molar-refractivity contribution in [3.63, 3.8) is 0 Å². The number of rotatable bonds is 5. The molecule has 1 unspecified atom stereocenters. The fourth-order valence-electron chi connectivity index (χ4n) is 2.94. The van der Waals surface area contributed by atoms with Crippen molar-refractivity contribution in [2.24, 2.45) is 0 Å². The van der Waals surface area contributed by atoms with E-state index >= 15 is 0 Å². The summed E-state index contributed by atoms with van der Waals surface area (Å²) in [7, 11) is -3.49. The van der Waals surface area contributed by atoms with Gasteiger partial charge in [0.15, 0.2) is 0 Å².